The summed E-state index contributed by atoms with van der Waals surface area (Å²) in [6.45, 7) is 2.64. The molecule has 172 valence electrons. The summed E-state index contributed by atoms with van der Waals surface area (Å²) in [5, 5.41) is 0. The summed E-state index contributed by atoms with van der Waals surface area (Å²) in [5.74, 6) is -0.565. The molecule has 2 aliphatic heterocycles. The Hall–Kier alpha value is -3.86. The first-order valence-corrected chi connectivity index (χ1v) is 11.9. The predicted octanol–water partition coefficient (Wildman–Crippen LogP) is 5.09. The van der Waals surface area contributed by atoms with Crippen LogP contribution in [0.4, 0.5) is 11.4 Å². The van der Waals surface area contributed by atoms with E-state index in [1.165, 1.54) is 24.2 Å². The monoisotopic (exact) mass is 451 g/mol. The molecule has 0 N–H and O–H groups in total. The van der Waals surface area contributed by atoms with E-state index in [1.807, 2.05) is 96.9 Å². The Labute approximate surface area is 200 Å². The van der Waals surface area contributed by atoms with Gasteiger partial charge in [0.15, 0.2) is 0 Å². The van der Waals surface area contributed by atoms with E-state index in [1.54, 1.807) is 0 Å². The highest BCUT2D eigenvalue weighted by Gasteiger charge is 2.41. The predicted molar refractivity (Wildman–Crippen MR) is 136 cm³/mol. The molecule has 0 aromatic heterocycles. The van der Waals surface area contributed by atoms with Crippen molar-refractivity contribution in [2.24, 2.45) is 0 Å². The van der Waals surface area contributed by atoms with Gasteiger partial charge >= 0.3 is 0 Å². The van der Waals surface area contributed by atoms with E-state index >= 15 is 0 Å². The molecule has 0 unspecified atom stereocenters. The maximum atomic E-state index is 13.7. The fourth-order valence-corrected chi connectivity index (χ4v) is 4.87. The molecule has 0 spiro atoms. The minimum Gasteiger partial charge on any atom is -0.372 e. The molecule has 5 heteroatoms. The van der Waals surface area contributed by atoms with Crippen molar-refractivity contribution in [2.75, 3.05) is 29.9 Å². The van der Waals surface area contributed by atoms with E-state index in [4.69, 9.17) is 0 Å². The number of benzene rings is 3. The molecule has 2 amide bonds. The second-order valence-corrected chi connectivity index (χ2v) is 8.94. The highest BCUT2D eigenvalue weighted by atomic mass is 16.2. The minimum atomic E-state index is -0.284. The van der Waals surface area contributed by atoms with Crippen LogP contribution in [0, 0.1) is 0 Å². The molecule has 0 atom stereocenters. The van der Waals surface area contributed by atoms with Gasteiger partial charge in [0.2, 0.25) is 0 Å². The normalized spacial score (nSPS) is 16.4. The topological polar surface area (TPSA) is 43.9 Å². The summed E-state index contributed by atoms with van der Waals surface area (Å²) in [4.78, 5) is 33.0. The number of hydrogen-bond acceptors (Lipinski definition) is 4. The Morgan fingerprint density at radius 1 is 0.706 bits per heavy atom. The molecule has 2 heterocycles. The largest absolute Gasteiger partial charge is 0.372 e. The lowest BCUT2D eigenvalue weighted by atomic mass is 10.0. The molecule has 0 bridgehead atoms. The number of imide groups is 1. The molecule has 0 saturated carbocycles. The number of nitrogens with zero attached hydrogens (tertiary/aromatic N) is 3. The van der Waals surface area contributed by atoms with Crippen molar-refractivity contribution >= 4 is 28.8 Å². The fraction of sp³-hybridized carbons (Fsp3) is 0.241. The van der Waals surface area contributed by atoms with Gasteiger partial charge in [0.1, 0.15) is 5.70 Å². The van der Waals surface area contributed by atoms with Gasteiger partial charge in [-0.1, -0.05) is 60.7 Å². The van der Waals surface area contributed by atoms with Crippen LogP contribution in [0.3, 0.4) is 0 Å². The van der Waals surface area contributed by atoms with Gasteiger partial charge in [0.25, 0.3) is 11.8 Å². The van der Waals surface area contributed by atoms with Gasteiger partial charge in [-0.25, -0.2) is 4.90 Å². The maximum Gasteiger partial charge on any atom is 0.282 e. The summed E-state index contributed by atoms with van der Waals surface area (Å²) in [6.07, 6.45) is 3.68. The van der Waals surface area contributed by atoms with Crippen LogP contribution in [0.25, 0.3) is 5.57 Å². The van der Waals surface area contributed by atoms with Crippen LogP contribution >= 0.6 is 0 Å². The highest BCUT2D eigenvalue weighted by molar-refractivity contribution is 6.45. The van der Waals surface area contributed by atoms with Crippen molar-refractivity contribution in [3.05, 3.63) is 102 Å². The number of piperidine rings is 1. The summed E-state index contributed by atoms with van der Waals surface area (Å²) in [7, 11) is 1.87. The third-order valence-electron chi connectivity index (χ3n) is 6.60. The second-order valence-electron chi connectivity index (χ2n) is 8.94. The van der Waals surface area contributed by atoms with Crippen molar-refractivity contribution in [3.63, 3.8) is 0 Å². The number of carbonyl (C=O) groups is 2. The van der Waals surface area contributed by atoms with E-state index in [9.17, 15) is 9.59 Å². The number of anilines is 2. The van der Waals surface area contributed by atoms with Gasteiger partial charge in [-0.2, -0.15) is 0 Å². The van der Waals surface area contributed by atoms with E-state index in [2.05, 4.69) is 4.90 Å². The van der Waals surface area contributed by atoms with Gasteiger partial charge < -0.3 is 9.80 Å². The summed E-state index contributed by atoms with van der Waals surface area (Å²) in [5.41, 5.74) is 4.45. The minimum absolute atomic E-state index is 0.281. The molecular formula is C29H29N3O2. The molecule has 0 radical (unpaired) electrons. The van der Waals surface area contributed by atoms with Gasteiger partial charge in [0, 0.05) is 32.4 Å². The zero-order chi connectivity index (χ0) is 23.5. The van der Waals surface area contributed by atoms with E-state index in [-0.39, 0.29) is 11.8 Å². The van der Waals surface area contributed by atoms with Gasteiger partial charge in [-0.05, 0) is 54.7 Å². The molecule has 5 rings (SSSR count). The third kappa shape index (κ3) is 4.21. The molecular weight excluding hydrogens is 422 g/mol. The summed E-state index contributed by atoms with van der Waals surface area (Å²) < 4.78 is 0. The van der Waals surface area contributed by atoms with Crippen LogP contribution in [-0.4, -0.2) is 36.9 Å². The van der Waals surface area contributed by atoms with Crippen molar-refractivity contribution in [2.45, 2.75) is 25.8 Å². The van der Waals surface area contributed by atoms with E-state index in [0.717, 1.165) is 29.9 Å². The van der Waals surface area contributed by atoms with E-state index in [0.29, 0.717) is 23.5 Å². The lowest BCUT2D eigenvalue weighted by Gasteiger charge is -2.29. The van der Waals surface area contributed by atoms with Crippen LogP contribution in [0.1, 0.15) is 30.4 Å². The van der Waals surface area contributed by atoms with Gasteiger partial charge in [0.05, 0.1) is 11.3 Å². The van der Waals surface area contributed by atoms with Crippen molar-refractivity contribution < 1.29 is 9.59 Å². The molecule has 3 aromatic rings. The Morgan fingerprint density at radius 2 is 1.29 bits per heavy atom. The summed E-state index contributed by atoms with van der Waals surface area (Å²) >= 11 is 0. The number of carbonyl (C=O) groups excluding carboxylic acids is 2. The molecule has 2 aliphatic rings. The van der Waals surface area contributed by atoms with Crippen LogP contribution in [0.2, 0.25) is 0 Å². The number of amides is 2. The number of rotatable bonds is 6. The smallest absolute Gasteiger partial charge is 0.282 e. The quantitative estimate of drug-likeness (QED) is 0.490. The number of hydrogen-bond donors (Lipinski definition) is 0. The maximum absolute atomic E-state index is 13.7. The first kappa shape index (κ1) is 22.0. The summed E-state index contributed by atoms with van der Waals surface area (Å²) in [6, 6.07) is 27.3. The molecule has 0 aliphatic carbocycles. The lowest BCUT2D eigenvalue weighted by molar-refractivity contribution is -0.120. The first-order chi connectivity index (χ1) is 16.6. The molecule has 3 aromatic carbocycles. The molecule has 1 fully saturated rings. The first-order valence-electron chi connectivity index (χ1n) is 11.9. The Balaban J connectivity index is 1.48. The van der Waals surface area contributed by atoms with Crippen LogP contribution in [-0.2, 0) is 16.1 Å². The van der Waals surface area contributed by atoms with Gasteiger partial charge in [-0.3, -0.25) is 9.59 Å². The SMILES string of the molecule is CN(Cc1ccccc1)C1=C(c2ccccc2)C(=O)N(c2ccc(N3CCCCC3)cc2)C1=O. The van der Waals surface area contributed by atoms with Crippen molar-refractivity contribution in [1.82, 2.24) is 4.90 Å². The lowest BCUT2D eigenvalue weighted by Crippen LogP contribution is -2.34. The molecule has 1 saturated heterocycles. The standard InChI is InChI=1S/C29H29N3O2/c1-30(21-22-11-5-2-6-12-22)27-26(23-13-7-3-8-14-23)28(33)32(29(27)34)25-17-15-24(16-18-25)31-19-9-4-10-20-31/h2-3,5-8,11-18H,4,9-10,19-21H2,1H3. The Kier molecular flexibility index (Phi) is 6.17. The zero-order valence-electron chi connectivity index (χ0n) is 19.5. The van der Waals surface area contributed by atoms with Crippen LogP contribution in [0.15, 0.2) is 90.6 Å². The third-order valence-corrected chi connectivity index (χ3v) is 6.60. The Morgan fingerprint density at radius 3 is 1.94 bits per heavy atom. The fourth-order valence-electron chi connectivity index (χ4n) is 4.87. The van der Waals surface area contributed by atoms with E-state index < -0.39 is 0 Å². The Bertz CT molecular complexity index is 1200. The zero-order valence-corrected chi connectivity index (χ0v) is 19.5. The van der Waals surface area contributed by atoms with Crippen molar-refractivity contribution in [3.8, 4) is 0 Å². The molecule has 5 nitrogen and oxygen atoms in total. The van der Waals surface area contributed by atoms with Crippen LogP contribution in [0.5, 0.6) is 0 Å². The van der Waals surface area contributed by atoms with Gasteiger partial charge in [-0.15, -0.1) is 0 Å². The second kappa shape index (κ2) is 9.56. The molecule has 34 heavy (non-hydrogen) atoms. The highest BCUT2D eigenvalue weighted by Crippen LogP contribution is 2.35. The number of likely N-dealkylation sites (N-methyl/N-ethyl adjacent to an activating group) is 1. The van der Waals surface area contributed by atoms with Crippen LogP contribution < -0.4 is 9.80 Å². The van der Waals surface area contributed by atoms with Crippen molar-refractivity contribution in [1.29, 1.82) is 0 Å². The average molecular weight is 452 g/mol. The average Bonchev–Trinajstić information content (AvgIpc) is 3.15.